The van der Waals surface area contributed by atoms with Gasteiger partial charge in [0, 0.05) is 22.6 Å². The van der Waals surface area contributed by atoms with E-state index >= 15 is 0 Å². The maximum absolute atomic E-state index is 14.0. The van der Waals surface area contributed by atoms with Crippen LogP contribution in [0, 0.1) is 13.8 Å². The molecule has 214 valence electrons. The summed E-state index contributed by atoms with van der Waals surface area (Å²) in [6.07, 6.45) is 0.716. The first kappa shape index (κ1) is 31.5. The van der Waals surface area contributed by atoms with Crippen LogP contribution < -0.4 is 9.62 Å². The molecule has 0 bridgehead atoms. The van der Waals surface area contributed by atoms with E-state index < -0.39 is 28.5 Å². The normalized spacial score (nSPS) is 12.9. The molecule has 3 rings (SSSR count). The third kappa shape index (κ3) is 7.56. The minimum Gasteiger partial charge on any atom is -0.352 e. The van der Waals surface area contributed by atoms with E-state index in [-0.39, 0.29) is 29.1 Å². The van der Waals surface area contributed by atoms with E-state index in [4.69, 9.17) is 23.2 Å². The van der Waals surface area contributed by atoms with Crippen molar-refractivity contribution in [3.63, 3.8) is 0 Å². The number of carbonyl (C=O) groups excluding carboxylic acids is 2. The fourth-order valence-electron chi connectivity index (χ4n) is 4.06. The SMILES string of the molecule is CC[C@H](C)NC(=O)[C@@H](C)N(Cc1ccccc1Cl)C(=O)CN(c1cc(Cl)ccc1C)S(=O)(=O)c1ccc(C)cc1. The summed E-state index contributed by atoms with van der Waals surface area (Å²) >= 11 is 12.7. The smallest absolute Gasteiger partial charge is 0.264 e. The largest absolute Gasteiger partial charge is 0.352 e. The minimum atomic E-state index is -4.19. The van der Waals surface area contributed by atoms with Crippen LogP contribution in [-0.2, 0) is 26.2 Å². The van der Waals surface area contributed by atoms with Crippen LogP contribution in [0.4, 0.5) is 5.69 Å². The van der Waals surface area contributed by atoms with Crippen molar-refractivity contribution < 1.29 is 18.0 Å². The maximum atomic E-state index is 14.0. The number of aryl methyl sites for hydroxylation is 2. The van der Waals surface area contributed by atoms with Gasteiger partial charge in [-0.1, -0.05) is 72.1 Å². The Bertz CT molecular complexity index is 1460. The maximum Gasteiger partial charge on any atom is 0.264 e. The quantitative estimate of drug-likeness (QED) is 0.285. The number of sulfonamides is 1. The van der Waals surface area contributed by atoms with E-state index in [9.17, 15) is 18.0 Å². The fourth-order valence-corrected chi connectivity index (χ4v) is 5.89. The van der Waals surface area contributed by atoms with E-state index in [0.29, 0.717) is 27.6 Å². The standard InChI is InChI=1S/C30H35Cl2N3O4S/c1-6-22(4)33-30(37)23(5)34(18-24-9-7-8-10-27(24)32)29(36)19-35(28-17-25(31)14-13-21(28)3)40(38,39)26-15-11-20(2)12-16-26/h7-17,22-23H,6,18-19H2,1-5H3,(H,33,37)/t22-,23+/m0/s1. The summed E-state index contributed by atoms with van der Waals surface area (Å²) in [6.45, 7) is 8.51. The number of amides is 2. The average Bonchev–Trinajstić information content (AvgIpc) is 2.92. The third-order valence-corrected chi connectivity index (χ3v) is 9.17. The zero-order valence-corrected chi connectivity index (χ0v) is 25.6. The molecule has 0 aromatic heterocycles. The molecule has 2 atom stereocenters. The van der Waals surface area contributed by atoms with Gasteiger partial charge in [0.05, 0.1) is 10.6 Å². The summed E-state index contributed by atoms with van der Waals surface area (Å²) in [5, 5.41) is 3.67. The van der Waals surface area contributed by atoms with Crippen LogP contribution in [0.2, 0.25) is 10.0 Å². The van der Waals surface area contributed by atoms with E-state index in [1.807, 2.05) is 20.8 Å². The Morgan fingerprint density at radius 1 is 0.950 bits per heavy atom. The van der Waals surface area contributed by atoms with Gasteiger partial charge in [0.1, 0.15) is 12.6 Å². The van der Waals surface area contributed by atoms with Crippen molar-refractivity contribution in [3.8, 4) is 0 Å². The van der Waals surface area contributed by atoms with Crippen molar-refractivity contribution in [2.24, 2.45) is 0 Å². The number of anilines is 1. The first-order valence-corrected chi connectivity index (χ1v) is 15.2. The Kier molecular flexibility index (Phi) is 10.6. The molecule has 0 aliphatic heterocycles. The summed E-state index contributed by atoms with van der Waals surface area (Å²) in [6, 6.07) is 17.3. The summed E-state index contributed by atoms with van der Waals surface area (Å²) in [5.74, 6) is -0.914. The monoisotopic (exact) mass is 603 g/mol. The van der Waals surface area contributed by atoms with E-state index in [0.717, 1.165) is 9.87 Å². The molecule has 2 amide bonds. The predicted molar refractivity (Wildman–Crippen MR) is 161 cm³/mol. The van der Waals surface area contributed by atoms with Gasteiger partial charge in [0.2, 0.25) is 11.8 Å². The topological polar surface area (TPSA) is 86.8 Å². The highest BCUT2D eigenvalue weighted by atomic mass is 35.5. The van der Waals surface area contributed by atoms with Crippen molar-refractivity contribution in [3.05, 3.63) is 93.5 Å². The number of hydrogen-bond acceptors (Lipinski definition) is 4. The van der Waals surface area contributed by atoms with Gasteiger partial charge in [-0.25, -0.2) is 8.42 Å². The van der Waals surface area contributed by atoms with Crippen molar-refractivity contribution in [2.45, 2.75) is 64.6 Å². The highest BCUT2D eigenvalue weighted by Crippen LogP contribution is 2.30. The molecule has 10 heteroatoms. The lowest BCUT2D eigenvalue weighted by Gasteiger charge is -2.33. The second kappa shape index (κ2) is 13.5. The van der Waals surface area contributed by atoms with E-state index in [1.54, 1.807) is 62.4 Å². The average molecular weight is 605 g/mol. The number of rotatable bonds is 11. The van der Waals surface area contributed by atoms with Crippen LogP contribution in [0.15, 0.2) is 71.6 Å². The van der Waals surface area contributed by atoms with Crippen molar-refractivity contribution in [1.29, 1.82) is 0 Å². The number of benzene rings is 3. The highest BCUT2D eigenvalue weighted by Gasteiger charge is 2.33. The third-order valence-electron chi connectivity index (χ3n) is 6.79. The summed E-state index contributed by atoms with van der Waals surface area (Å²) in [5.41, 5.74) is 2.42. The molecular formula is C30H35Cl2N3O4S. The molecule has 0 aliphatic carbocycles. The van der Waals surface area contributed by atoms with Crippen molar-refractivity contribution in [1.82, 2.24) is 10.2 Å². The van der Waals surface area contributed by atoms with Crippen LogP contribution in [-0.4, -0.2) is 43.8 Å². The Morgan fingerprint density at radius 2 is 1.60 bits per heavy atom. The van der Waals surface area contributed by atoms with Gasteiger partial charge >= 0.3 is 0 Å². The van der Waals surface area contributed by atoms with Gasteiger partial charge in [-0.3, -0.25) is 13.9 Å². The lowest BCUT2D eigenvalue weighted by Crippen LogP contribution is -2.52. The predicted octanol–water partition coefficient (Wildman–Crippen LogP) is 6.14. The molecule has 0 saturated heterocycles. The van der Waals surface area contributed by atoms with Crippen molar-refractivity contribution in [2.75, 3.05) is 10.8 Å². The molecule has 40 heavy (non-hydrogen) atoms. The van der Waals surface area contributed by atoms with Crippen LogP contribution >= 0.6 is 23.2 Å². The lowest BCUT2D eigenvalue weighted by molar-refractivity contribution is -0.139. The van der Waals surface area contributed by atoms with Crippen LogP contribution in [0.5, 0.6) is 0 Å². The van der Waals surface area contributed by atoms with Crippen LogP contribution in [0.1, 0.15) is 43.9 Å². The van der Waals surface area contributed by atoms with Gasteiger partial charge in [-0.15, -0.1) is 0 Å². The fraction of sp³-hybridized carbons (Fsp3) is 0.333. The molecule has 0 spiro atoms. The minimum absolute atomic E-state index is 0.0144. The first-order valence-electron chi connectivity index (χ1n) is 13.0. The molecular weight excluding hydrogens is 569 g/mol. The molecule has 7 nitrogen and oxygen atoms in total. The second-order valence-corrected chi connectivity index (χ2v) is 12.6. The Balaban J connectivity index is 2.08. The molecule has 0 heterocycles. The number of halogens is 2. The van der Waals surface area contributed by atoms with Crippen LogP contribution in [0.25, 0.3) is 0 Å². The van der Waals surface area contributed by atoms with Crippen molar-refractivity contribution >= 4 is 50.7 Å². The second-order valence-electron chi connectivity index (χ2n) is 9.86. The summed E-state index contributed by atoms with van der Waals surface area (Å²) < 4.78 is 29.0. The van der Waals surface area contributed by atoms with Gasteiger partial charge in [-0.05, 0) is 75.6 Å². The molecule has 1 N–H and O–H groups in total. The van der Waals surface area contributed by atoms with E-state index in [2.05, 4.69) is 5.32 Å². The molecule has 0 aliphatic rings. The highest BCUT2D eigenvalue weighted by molar-refractivity contribution is 7.92. The Hall–Kier alpha value is -3.07. The van der Waals surface area contributed by atoms with Gasteiger partial charge in [-0.2, -0.15) is 0 Å². The van der Waals surface area contributed by atoms with Gasteiger partial charge in [0.15, 0.2) is 0 Å². The Labute approximate surface area is 247 Å². The molecule has 0 unspecified atom stereocenters. The van der Waals surface area contributed by atoms with Gasteiger partial charge < -0.3 is 10.2 Å². The molecule has 0 saturated carbocycles. The number of hydrogen-bond donors (Lipinski definition) is 1. The Morgan fingerprint density at radius 3 is 2.23 bits per heavy atom. The number of nitrogens with zero attached hydrogens (tertiary/aromatic N) is 2. The van der Waals surface area contributed by atoms with E-state index in [1.165, 1.54) is 23.1 Å². The number of nitrogens with one attached hydrogen (secondary N) is 1. The zero-order valence-electron chi connectivity index (χ0n) is 23.3. The molecule has 3 aromatic carbocycles. The van der Waals surface area contributed by atoms with Gasteiger partial charge in [0.25, 0.3) is 10.0 Å². The molecule has 0 fully saturated rings. The zero-order chi connectivity index (χ0) is 29.6. The summed E-state index contributed by atoms with van der Waals surface area (Å²) in [4.78, 5) is 28.6. The molecule has 3 aromatic rings. The van der Waals surface area contributed by atoms with Crippen LogP contribution in [0.3, 0.4) is 0 Å². The first-order chi connectivity index (χ1) is 18.8. The molecule has 0 radical (unpaired) electrons. The summed E-state index contributed by atoms with van der Waals surface area (Å²) in [7, 11) is -4.19. The lowest BCUT2D eigenvalue weighted by atomic mass is 10.1. The number of carbonyl (C=O) groups is 2.